The third-order valence-corrected chi connectivity index (χ3v) is 5.08. The molecule has 1 aliphatic rings. The molecular formula is C20H21ClN6O2. The molecule has 1 saturated heterocycles. The lowest BCUT2D eigenvalue weighted by molar-refractivity contribution is -0.123. The van der Waals surface area contributed by atoms with Crippen molar-refractivity contribution < 1.29 is 9.53 Å². The van der Waals surface area contributed by atoms with Crippen molar-refractivity contribution in [3.05, 3.63) is 64.9 Å². The van der Waals surface area contributed by atoms with E-state index in [0.717, 1.165) is 11.3 Å². The van der Waals surface area contributed by atoms with Crippen LogP contribution in [0.25, 0.3) is 5.69 Å². The van der Waals surface area contributed by atoms with E-state index in [1.54, 1.807) is 16.8 Å². The number of benzene rings is 2. The van der Waals surface area contributed by atoms with Gasteiger partial charge in [-0.1, -0.05) is 29.8 Å². The summed E-state index contributed by atoms with van der Waals surface area (Å²) in [6, 6.07) is 14.4. The van der Waals surface area contributed by atoms with E-state index in [1.165, 1.54) is 0 Å². The van der Waals surface area contributed by atoms with Crippen molar-refractivity contribution >= 4 is 23.2 Å². The average Bonchev–Trinajstić information content (AvgIpc) is 3.17. The minimum atomic E-state index is -0.436. The van der Waals surface area contributed by atoms with Gasteiger partial charge in [0.15, 0.2) is 5.82 Å². The molecule has 1 aromatic heterocycles. The third-order valence-electron chi connectivity index (χ3n) is 4.83. The Labute approximate surface area is 173 Å². The van der Waals surface area contributed by atoms with Gasteiger partial charge in [0.2, 0.25) is 5.91 Å². The van der Waals surface area contributed by atoms with E-state index in [-0.39, 0.29) is 5.91 Å². The highest BCUT2D eigenvalue weighted by molar-refractivity contribution is 6.30. The van der Waals surface area contributed by atoms with Gasteiger partial charge in [0.25, 0.3) is 0 Å². The molecule has 1 aliphatic heterocycles. The summed E-state index contributed by atoms with van der Waals surface area (Å²) in [6.45, 7) is 4.40. The number of aryl methyl sites for hydroxylation is 1. The Morgan fingerprint density at radius 2 is 1.93 bits per heavy atom. The van der Waals surface area contributed by atoms with Gasteiger partial charge in [0.05, 0.1) is 18.9 Å². The number of amides is 1. The molecule has 1 N–H and O–H groups in total. The maximum absolute atomic E-state index is 13.3. The molecule has 0 bridgehead atoms. The van der Waals surface area contributed by atoms with E-state index in [1.807, 2.05) is 43.3 Å². The number of halogens is 1. The molecule has 29 heavy (non-hydrogen) atoms. The lowest BCUT2D eigenvalue weighted by atomic mass is 10.0. The van der Waals surface area contributed by atoms with Crippen molar-refractivity contribution in [3.8, 4) is 5.69 Å². The number of anilines is 1. The van der Waals surface area contributed by atoms with Gasteiger partial charge in [0, 0.05) is 23.8 Å². The number of carbonyl (C=O) groups is 1. The molecule has 150 valence electrons. The summed E-state index contributed by atoms with van der Waals surface area (Å²) in [5.74, 6) is 0.556. The molecule has 1 amide bonds. The Hall–Kier alpha value is -2.81. The first-order chi connectivity index (χ1) is 14.1. The van der Waals surface area contributed by atoms with E-state index in [2.05, 4.69) is 25.7 Å². The molecule has 3 aromatic rings. The molecule has 2 heterocycles. The molecule has 4 rings (SSSR count). The SMILES string of the molecule is Cc1nnnn1-c1cccc(NC(=O)C(c2ccc(Cl)cc2)N2CCOCC2)c1. The van der Waals surface area contributed by atoms with E-state index in [9.17, 15) is 4.79 Å². The van der Waals surface area contributed by atoms with Crippen molar-refractivity contribution in [2.24, 2.45) is 0 Å². The molecular weight excluding hydrogens is 392 g/mol. The van der Waals surface area contributed by atoms with Crippen LogP contribution in [0.3, 0.4) is 0 Å². The fraction of sp³-hybridized carbons (Fsp3) is 0.300. The highest BCUT2D eigenvalue weighted by Gasteiger charge is 2.29. The highest BCUT2D eigenvalue weighted by atomic mass is 35.5. The van der Waals surface area contributed by atoms with Gasteiger partial charge in [-0.2, -0.15) is 4.68 Å². The van der Waals surface area contributed by atoms with Crippen LogP contribution in [-0.2, 0) is 9.53 Å². The van der Waals surface area contributed by atoms with Crippen molar-refractivity contribution in [2.75, 3.05) is 31.6 Å². The number of morpholine rings is 1. The Morgan fingerprint density at radius 3 is 2.62 bits per heavy atom. The van der Waals surface area contributed by atoms with Crippen molar-refractivity contribution in [1.82, 2.24) is 25.1 Å². The maximum Gasteiger partial charge on any atom is 0.246 e. The molecule has 2 aromatic carbocycles. The fourth-order valence-electron chi connectivity index (χ4n) is 3.41. The fourth-order valence-corrected chi connectivity index (χ4v) is 3.53. The minimum absolute atomic E-state index is 0.111. The van der Waals surface area contributed by atoms with Gasteiger partial charge in [-0.05, 0) is 53.2 Å². The van der Waals surface area contributed by atoms with E-state index < -0.39 is 6.04 Å². The lowest BCUT2D eigenvalue weighted by Crippen LogP contribution is -2.43. The summed E-state index contributed by atoms with van der Waals surface area (Å²) in [6.07, 6.45) is 0. The normalized spacial score (nSPS) is 15.8. The second-order valence-corrected chi connectivity index (χ2v) is 7.22. The van der Waals surface area contributed by atoms with Crippen molar-refractivity contribution in [1.29, 1.82) is 0 Å². The van der Waals surface area contributed by atoms with Crippen LogP contribution in [-0.4, -0.2) is 57.3 Å². The zero-order chi connectivity index (χ0) is 20.2. The van der Waals surface area contributed by atoms with Crippen molar-refractivity contribution in [2.45, 2.75) is 13.0 Å². The van der Waals surface area contributed by atoms with Gasteiger partial charge >= 0.3 is 0 Å². The maximum atomic E-state index is 13.3. The van der Waals surface area contributed by atoms with Crippen LogP contribution in [0.5, 0.6) is 0 Å². The van der Waals surface area contributed by atoms with Crippen LogP contribution in [0.1, 0.15) is 17.4 Å². The third kappa shape index (κ3) is 4.45. The van der Waals surface area contributed by atoms with Gasteiger partial charge in [0.1, 0.15) is 6.04 Å². The monoisotopic (exact) mass is 412 g/mol. The number of tetrazole rings is 1. The van der Waals surface area contributed by atoms with E-state index in [4.69, 9.17) is 16.3 Å². The summed E-state index contributed by atoms with van der Waals surface area (Å²) in [5, 5.41) is 15.2. The second kappa shape index (κ2) is 8.69. The smallest absolute Gasteiger partial charge is 0.246 e. The molecule has 0 radical (unpaired) electrons. The molecule has 0 saturated carbocycles. The van der Waals surface area contributed by atoms with E-state index >= 15 is 0 Å². The Morgan fingerprint density at radius 1 is 1.17 bits per heavy atom. The predicted molar refractivity (Wildman–Crippen MR) is 109 cm³/mol. The minimum Gasteiger partial charge on any atom is -0.379 e. The molecule has 9 heteroatoms. The summed E-state index contributed by atoms with van der Waals surface area (Å²) in [5.41, 5.74) is 2.34. The largest absolute Gasteiger partial charge is 0.379 e. The molecule has 1 unspecified atom stereocenters. The zero-order valence-corrected chi connectivity index (χ0v) is 16.7. The van der Waals surface area contributed by atoms with Gasteiger partial charge in [-0.25, -0.2) is 0 Å². The zero-order valence-electron chi connectivity index (χ0n) is 16.0. The van der Waals surface area contributed by atoms with Crippen LogP contribution in [0, 0.1) is 6.92 Å². The standard InChI is InChI=1S/C20H21ClN6O2/c1-14-23-24-25-27(14)18-4-2-3-17(13-18)22-20(28)19(26-9-11-29-12-10-26)15-5-7-16(21)8-6-15/h2-8,13,19H,9-12H2,1H3,(H,22,28). The van der Waals surface area contributed by atoms with E-state index in [0.29, 0.717) is 42.8 Å². The number of carbonyl (C=O) groups excluding carboxylic acids is 1. The number of aromatic nitrogens is 4. The first-order valence-corrected chi connectivity index (χ1v) is 9.73. The molecule has 0 aliphatic carbocycles. The number of hydrogen-bond donors (Lipinski definition) is 1. The summed E-state index contributed by atoms with van der Waals surface area (Å²) in [7, 11) is 0. The Bertz CT molecular complexity index is 985. The predicted octanol–water partition coefficient (Wildman–Crippen LogP) is 2.64. The highest BCUT2D eigenvalue weighted by Crippen LogP contribution is 2.26. The number of hydrogen-bond acceptors (Lipinski definition) is 6. The topological polar surface area (TPSA) is 85.2 Å². The number of rotatable bonds is 5. The molecule has 1 fully saturated rings. The summed E-state index contributed by atoms with van der Waals surface area (Å²) >= 11 is 6.04. The molecule has 8 nitrogen and oxygen atoms in total. The van der Waals surface area contributed by atoms with Crippen LogP contribution in [0.4, 0.5) is 5.69 Å². The summed E-state index contributed by atoms with van der Waals surface area (Å²) in [4.78, 5) is 15.4. The molecule has 0 spiro atoms. The van der Waals surface area contributed by atoms with Gasteiger partial charge in [-0.3, -0.25) is 9.69 Å². The van der Waals surface area contributed by atoms with Crippen LogP contribution < -0.4 is 5.32 Å². The van der Waals surface area contributed by atoms with Crippen LogP contribution >= 0.6 is 11.6 Å². The lowest BCUT2D eigenvalue weighted by Gasteiger charge is -2.33. The first-order valence-electron chi connectivity index (χ1n) is 9.35. The van der Waals surface area contributed by atoms with Crippen LogP contribution in [0.2, 0.25) is 5.02 Å². The number of ether oxygens (including phenoxy) is 1. The van der Waals surface area contributed by atoms with Crippen molar-refractivity contribution in [3.63, 3.8) is 0 Å². The van der Waals surface area contributed by atoms with Gasteiger partial charge in [-0.15, -0.1) is 5.10 Å². The second-order valence-electron chi connectivity index (χ2n) is 6.78. The molecule has 1 atom stereocenters. The Kier molecular flexibility index (Phi) is 5.84. The summed E-state index contributed by atoms with van der Waals surface area (Å²) < 4.78 is 7.07. The number of nitrogens with one attached hydrogen (secondary N) is 1. The van der Waals surface area contributed by atoms with Gasteiger partial charge < -0.3 is 10.1 Å². The quantitative estimate of drug-likeness (QED) is 0.693. The number of nitrogens with zero attached hydrogens (tertiary/aromatic N) is 5. The average molecular weight is 413 g/mol. The van der Waals surface area contributed by atoms with Crippen LogP contribution in [0.15, 0.2) is 48.5 Å². The first kappa shape index (κ1) is 19.5. The Balaban J connectivity index is 1.59.